The normalized spacial score (nSPS) is 12.6. The number of hydroxylamine groups is 1. The van der Waals surface area contributed by atoms with E-state index in [1.165, 1.54) is 30.3 Å². The average Bonchev–Trinajstić information content (AvgIpc) is 3.40. The van der Waals surface area contributed by atoms with Gasteiger partial charge in [-0.25, -0.2) is 5.48 Å². The van der Waals surface area contributed by atoms with Gasteiger partial charge in [0.25, 0.3) is 5.91 Å². The highest BCUT2D eigenvalue weighted by atomic mass is 16.7. The fourth-order valence-electron chi connectivity index (χ4n) is 3.61. The number of amides is 3. The van der Waals surface area contributed by atoms with Crippen LogP contribution < -0.4 is 30.3 Å². The molecule has 1 unspecified atom stereocenters. The predicted octanol–water partition coefficient (Wildman–Crippen LogP) is 2.92. The van der Waals surface area contributed by atoms with Crippen LogP contribution in [0.2, 0.25) is 0 Å². The largest absolute Gasteiger partial charge is 0.497 e. The van der Waals surface area contributed by atoms with E-state index >= 15 is 0 Å². The second-order valence-corrected chi connectivity index (χ2v) is 8.07. The highest BCUT2D eigenvalue weighted by Crippen LogP contribution is 2.32. The van der Waals surface area contributed by atoms with E-state index in [-0.39, 0.29) is 18.8 Å². The van der Waals surface area contributed by atoms with Crippen molar-refractivity contribution in [3.8, 4) is 17.2 Å². The van der Waals surface area contributed by atoms with Crippen LogP contribution in [0.15, 0.2) is 72.8 Å². The number of nitrogens with one attached hydrogen (secondary N) is 3. The van der Waals surface area contributed by atoms with Gasteiger partial charge in [0, 0.05) is 23.7 Å². The first-order chi connectivity index (χ1) is 17.9. The number of carbonyl (C=O) groups excluding carboxylic acids is 3. The standard InChI is InChI=1S/C27H25N3O7/c1-35-21-10-2-17(3-11-21)14-22(27(33)28-20-8-6-19(7-9-20)26(32)30-34)29-25(31)13-5-18-4-12-23-24(15-18)37-16-36-23/h2-13,15,22,34H,14,16H2,1H3,(H,28,33)(H,29,31)(H,30,32)/b13-5+. The molecule has 1 aliphatic rings. The summed E-state index contributed by atoms with van der Waals surface area (Å²) in [6.07, 6.45) is 3.18. The van der Waals surface area contributed by atoms with Gasteiger partial charge in [0.15, 0.2) is 11.5 Å². The Kier molecular flexibility index (Phi) is 8.01. The molecule has 190 valence electrons. The zero-order valence-corrected chi connectivity index (χ0v) is 19.9. The number of benzene rings is 3. The van der Waals surface area contributed by atoms with Crippen molar-refractivity contribution < 1.29 is 33.8 Å². The molecule has 10 nitrogen and oxygen atoms in total. The third-order valence-corrected chi connectivity index (χ3v) is 5.57. The Hall–Kier alpha value is -4.83. The van der Waals surface area contributed by atoms with Gasteiger partial charge in [0.1, 0.15) is 11.8 Å². The SMILES string of the molecule is COc1ccc(CC(NC(=O)/C=C/c2ccc3c(c2)OCO3)C(=O)Nc2ccc(C(=O)NO)cc2)cc1. The highest BCUT2D eigenvalue weighted by Gasteiger charge is 2.21. The first kappa shape index (κ1) is 25.3. The molecule has 4 N–H and O–H groups in total. The van der Waals surface area contributed by atoms with Gasteiger partial charge in [0.2, 0.25) is 18.6 Å². The fourth-order valence-corrected chi connectivity index (χ4v) is 3.61. The molecule has 0 aliphatic carbocycles. The van der Waals surface area contributed by atoms with Crippen molar-refractivity contribution >= 4 is 29.5 Å². The monoisotopic (exact) mass is 503 g/mol. The van der Waals surface area contributed by atoms with Gasteiger partial charge in [0.05, 0.1) is 7.11 Å². The molecule has 0 fully saturated rings. The van der Waals surface area contributed by atoms with Crippen molar-refractivity contribution in [2.75, 3.05) is 19.2 Å². The summed E-state index contributed by atoms with van der Waals surface area (Å²) < 4.78 is 15.8. The predicted molar refractivity (Wildman–Crippen MR) is 135 cm³/mol. The van der Waals surface area contributed by atoms with Gasteiger partial charge in [-0.15, -0.1) is 0 Å². The molecule has 0 bridgehead atoms. The summed E-state index contributed by atoms with van der Waals surface area (Å²) in [5, 5.41) is 14.3. The van der Waals surface area contributed by atoms with Gasteiger partial charge in [-0.1, -0.05) is 18.2 Å². The Bertz CT molecular complexity index is 1300. The highest BCUT2D eigenvalue weighted by molar-refractivity contribution is 6.00. The van der Waals surface area contributed by atoms with E-state index in [2.05, 4.69) is 10.6 Å². The maximum Gasteiger partial charge on any atom is 0.274 e. The van der Waals surface area contributed by atoms with Crippen LogP contribution >= 0.6 is 0 Å². The summed E-state index contributed by atoms with van der Waals surface area (Å²) in [4.78, 5) is 37.4. The number of hydrogen-bond acceptors (Lipinski definition) is 7. The van der Waals surface area contributed by atoms with Crippen molar-refractivity contribution in [2.45, 2.75) is 12.5 Å². The van der Waals surface area contributed by atoms with E-state index in [1.807, 2.05) is 12.1 Å². The van der Waals surface area contributed by atoms with Crippen molar-refractivity contribution in [1.82, 2.24) is 10.8 Å². The second kappa shape index (κ2) is 11.7. The fraction of sp³-hybridized carbons (Fsp3) is 0.148. The zero-order valence-electron chi connectivity index (χ0n) is 19.9. The lowest BCUT2D eigenvalue weighted by Crippen LogP contribution is -2.44. The molecule has 0 radical (unpaired) electrons. The minimum atomic E-state index is -0.900. The number of methoxy groups -OCH3 is 1. The molecule has 3 aromatic rings. The number of rotatable bonds is 9. The van der Waals surface area contributed by atoms with Crippen LogP contribution in [0.1, 0.15) is 21.5 Å². The summed E-state index contributed by atoms with van der Waals surface area (Å²) >= 11 is 0. The van der Waals surface area contributed by atoms with Gasteiger partial charge in [-0.2, -0.15) is 0 Å². The van der Waals surface area contributed by atoms with Crippen LogP contribution in [0, 0.1) is 0 Å². The Morgan fingerprint density at radius 2 is 1.73 bits per heavy atom. The van der Waals surface area contributed by atoms with Crippen molar-refractivity contribution in [2.24, 2.45) is 0 Å². The molecule has 1 aliphatic heterocycles. The molecule has 3 amide bonds. The molecule has 37 heavy (non-hydrogen) atoms. The van der Waals surface area contributed by atoms with Crippen LogP contribution in [0.4, 0.5) is 5.69 Å². The molecule has 10 heteroatoms. The molecule has 0 aromatic heterocycles. The number of hydrogen-bond donors (Lipinski definition) is 4. The van der Waals surface area contributed by atoms with Gasteiger partial charge in [-0.3, -0.25) is 19.6 Å². The Balaban J connectivity index is 1.47. The van der Waals surface area contributed by atoms with Crippen molar-refractivity contribution in [3.63, 3.8) is 0 Å². The molecule has 0 saturated heterocycles. The first-order valence-electron chi connectivity index (χ1n) is 11.3. The van der Waals surface area contributed by atoms with Crippen LogP contribution in [-0.4, -0.2) is 42.9 Å². The van der Waals surface area contributed by atoms with E-state index in [9.17, 15) is 14.4 Å². The quantitative estimate of drug-likeness (QED) is 0.200. The third kappa shape index (κ3) is 6.65. The minimum absolute atomic E-state index is 0.155. The number of ether oxygens (including phenoxy) is 3. The van der Waals surface area contributed by atoms with E-state index in [4.69, 9.17) is 19.4 Å². The van der Waals surface area contributed by atoms with Gasteiger partial charge in [-0.05, 0) is 65.7 Å². The van der Waals surface area contributed by atoms with Gasteiger partial charge >= 0.3 is 0 Å². The molecule has 1 atom stereocenters. The number of anilines is 1. The van der Waals surface area contributed by atoms with E-state index in [1.54, 1.807) is 49.0 Å². The third-order valence-electron chi connectivity index (χ3n) is 5.57. The van der Waals surface area contributed by atoms with E-state index in [0.717, 1.165) is 11.1 Å². The summed E-state index contributed by atoms with van der Waals surface area (Å²) in [6.45, 7) is 0.155. The maximum absolute atomic E-state index is 13.1. The summed E-state index contributed by atoms with van der Waals surface area (Å²) in [6, 6.07) is 17.5. The average molecular weight is 504 g/mol. The zero-order chi connectivity index (χ0) is 26.2. The molecule has 4 rings (SSSR count). The van der Waals surface area contributed by atoms with Crippen LogP contribution in [-0.2, 0) is 16.0 Å². The van der Waals surface area contributed by atoms with Crippen molar-refractivity contribution in [3.05, 3.63) is 89.5 Å². The van der Waals surface area contributed by atoms with Crippen LogP contribution in [0.3, 0.4) is 0 Å². The second-order valence-electron chi connectivity index (χ2n) is 8.07. The summed E-state index contributed by atoms with van der Waals surface area (Å²) in [5.41, 5.74) is 3.74. The maximum atomic E-state index is 13.1. The van der Waals surface area contributed by atoms with Crippen molar-refractivity contribution in [1.29, 1.82) is 0 Å². The first-order valence-corrected chi connectivity index (χ1v) is 11.3. The van der Waals surface area contributed by atoms with E-state index < -0.39 is 23.8 Å². The molecular weight excluding hydrogens is 478 g/mol. The molecule has 1 heterocycles. The smallest absolute Gasteiger partial charge is 0.274 e. The summed E-state index contributed by atoms with van der Waals surface area (Å²) in [7, 11) is 1.56. The topological polar surface area (TPSA) is 135 Å². The van der Waals surface area contributed by atoms with Crippen LogP contribution in [0.25, 0.3) is 6.08 Å². The van der Waals surface area contributed by atoms with Gasteiger partial charge < -0.3 is 24.8 Å². The minimum Gasteiger partial charge on any atom is -0.497 e. The summed E-state index contributed by atoms with van der Waals surface area (Å²) in [5.74, 6) is 0.343. The molecule has 3 aromatic carbocycles. The van der Waals surface area contributed by atoms with E-state index in [0.29, 0.717) is 22.9 Å². The lowest BCUT2D eigenvalue weighted by molar-refractivity contribution is -0.123. The molecule has 0 spiro atoms. The lowest BCUT2D eigenvalue weighted by Gasteiger charge is -2.18. The Morgan fingerprint density at radius 1 is 1.00 bits per heavy atom. The lowest BCUT2D eigenvalue weighted by atomic mass is 10.0. The number of carbonyl (C=O) groups is 3. The molecular formula is C27H25N3O7. The number of fused-ring (bicyclic) bond motifs is 1. The Labute approximate surface area is 212 Å². The van der Waals surface area contributed by atoms with Crippen LogP contribution in [0.5, 0.6) is 17.2 Å². The molecule has 0 saturated carbocycles. The Morgan fingerprint density at radius 3 is 2.43 bits per heavy atom.